The maximum absolute atomic E-state index is 12.6. The summed E-state index contributed by atoms with van der Waals surface area (Å²) in [5, 5.41) is 2.63. The number of aromatic nitrogens is 2. The molecular weight excluding hydrogens is 287 g/mol. The van der Waals surface area contributed by atoms with Gasteiger partial charge < -0.3 is 14.9 Å². The highest BCUT2D eigenvalue weighted by atomic mass is 19.4. The Morgan fingerprint density at radius 2 is 2.10 bits per heavy atom. The van der Waals surface area contributed by atoms with Gasteiger partial charge in [-0.25, -0.2) is 4.79 Å². The van der Waals surface area contributed by atoms with Crippen LogP contribution >= 0.6 is 0 Å². The highest BCUT2D eigenvalue weighted by molar-refractivity contribution is 5.92. The molecule has 1 amide bonds. The zero-order chi connectivity index (χ0) is 15.6. The molecule has 1 saturated carbocycles. The van der Waals surface area contributed by atoms with Crippen LogP contribution in [-0.4, -0.2) is 27.7 Å². The molecule has 2 atom stereocenters. The molecule has 118 valence electrons. The average molecular weight is 305 g/mol. The van der Waals surface area contributed by atoms with Crippen LogP contribution in [0.15, 0.2) is 11.0 Å². The van der Waals surface area contributed by atoms with Gasteiger partial charge in [-0.2, -0.15) is 13.2 Å². The number of H-pyrrole nitrogens is 1. The van der Waals surface area contributed by atoms with Crippen LogP contribution in [-0.2, 0) is 7.05 Å². The fourth-order valence-corrected chi connectivity index (χ4v) is 2.79. The van der Waals surface area contributed by atoms with Crippen molar-refractivity contribution >= 4 is 5.91 Å². The topological polar surface area (TPSA) is 66.9 Å². The number of hydrogen-bond acceptors (Lipinski definition) is 2. The van der Waals surface area contributed by atoms with Gasteiger partial charge in [0, 0.05) is 25.7 Å². The summed E-state index contributed by atoms with van der Waals surface area (Å²) in [7, 11) is 1.49. The lowest BCUT2D eigenvalue weighted by atomic mass is 9.82. The van der Waals surface area contributed by atoms with Crippen molar-refractivity contribution in [3.05, 3.63) is 22.4 Å². The zero-order valence-electron chi connectivity index (χ0n) is 11.7. The van der Waals surface area contributed by atoms with E-state index >= 15 is 0 Å². The molecule has 1 aromatic rings. The first kappa shape index (κ1) is 15.7. The number of aryl methyl sites for hydroxylation is 1. The standard InChI is InChI=1S/C13H18F3N3O2/c1-19-7-10(18-12(19)21)11(20)17-9-5-3-2-4-8(9)6-13(14,15)16/h7-9H,2-6H2,1H3,(H,17,20)(H,18,21)/t8-,9-/m0/s1. The molecule has 1 aromatic heterocycles. The smallest absolute Gasteiger partial charge is 0.348 e. The Hall–Kier alpha value is -1.73. The number of nitrogens with zero attached hydrogens (tertiary/aromatic N) is 1. The molecule has 8 heteroatoms. The Morgan fingerprint density at radius 1 is 1.43 bits per heavy atom. The number of nitrogens with one attached hydrogen (secondary N) is 2. The van der Waals surface area contributed by atoms with E-state index in [0.717, 1.165) is 12.8 Å². The predicted molar refractivity (Wildman–Crippen MR) is 69.9 cm³/mol. The van der Waals surface area contributed by atoms with Crippen molar-refractivity contribution in [3.8, 4) is 0 Å². The summed E-state index contributed by atoms with van der Waals surface area (Å²) in [5.41, 5.74) is -0.366. The van der Waals surface area contributed by atoms with E-state index < -0.39 is 36.2 Å². The fraction of sp³-hybridized carbons (Fsp3) is 0.692. The van der Waals surface area contributed by atoms with Crippen molar-refractivity contribution in [3.63, 3.8) is 0 Å². The van der Waals surface area contributed by atoms with Gasteiger partial charge in [-0.15, -0.1) is 0 Å². The minimum absolute atomic E-state index is 0.0684. The molecule has 0 aromatic carbocycles. The molecule has 5 nitrogen and oxygen atoms in total. The number of amides is 1. The third-order valence-electron chi connectivity index (χ3n) is 3.85. The van der Waals surface area contributed by atoms with Crippen LogP contribution in [0.1, 0.15) is 42.6 Å². The largest absolute Gasteiger partial charge is 0.389 e. The van der Waals surface area contributed by atoms with E-state index in [1.165, 1.54) is 17.8 Å². The van der Waals surface area contributed by atoms with Crippen LogP contribution in [0.4, 0.5) is 13.2 Å². The molecular formula is C13H18F3N3O2. The highest BCUT2D eigenvalue weighted by Crippen LogP contribution is 2.34. The number of imidazole rings is 1. The quantitative estimate of drug-likeness (QED) is 0.896. The molecule has 2 N–H and O–H groups in total. The Bertz CT molecular complexity index is 562. The SMILES string of the molecule is Cn1cc(C(=O)N[C@H]2CCCC[C@H]2CC(F)(F)F)[nH]c1=O. The highest BCUT2D eigenvalue weighted by Gasteiger charge is 2.37. The third kappa shape index (κ3) is 4.12. The van der Waals surface area contributed by atoms with Crippen molar-refractivity contribution in [2.24, 2.45) is 13.0 Å². The second-order valence-corrected chi connectivity index (χ2v) is 5.53. The van der Waals surface area contributed by atoms with E-state index in [-0.39, 0.29) is 5.69 Å². The number of carbonyl (C=O) groups excluding carboxylic acids is 1. The molecule has 0 unspecified atom stereocenters. The lowest BCUT2D eigenvalue weighted by Gasteiger charge is -2.32. The van der Waals surface area contributed by atoms with E-state index in [2.05, 4.69) is 10.3 Å². The number of halogens is 3. The van der Waals surface area contributed by atoms with Crippen LogP contribution in [0, 0.1) is 5.92 Å². The van der Waals surface area contributed by atoms with Crippen molar-refractivity contribution < 1.29 is 18.0 Å². The number of rotatable bonds is 3. The number of hydrogen-bond donors (Lipinski definition) is 2. The molecule has 1 heterocycles. The van der Waals surface area contributed by atoms with Crippen molar-refractivity contribution in [2.45, 2.75) is 44.3 Å². The average Bonchev–Trinajstić information content (AvgIpc) is 2.70. The molecule has 1 aliphatic rings. The van der Waals surface area contributed by atoms with E-state index in [1.54, 1.807) is 0 Å². The van der Waals surface area contributed by atoms with E-state index in [9.17, 15) is 22.8 Å². The number of carbonyl (C=O) groups is 1. The van der Waals surface area contributed by atoms with Crippen LogP contribution in [0.3, 0.4) is 0 Å². The fourth-order valence-electron chi connectivity index (χ4n) is 2.79. The lowest BCUT2D eigenvalue weighted by Crippen LogP contribution is -2.43. The maximum atomic E-state index is 12.6. The van der Waals surface area contributed by atoms with E-state index in [0.29, 0.717) is 12.8 Å². The Kier molecular flexibility index (Phi) is 4.43. The van der Waals surface area contributed by atoms with Gasteiger partial charge in [-0.05, 0) is 18.8 Å². The summed E-state index contributed by atoms with van der Waals surface area (Å²) >= 11 is 0. The predicted octanol–water partition coefficient (Wildman–Crippen LogP) is 1.95. The molecule has 0 spiro atoms. The Labute approximate surface area is 119 Å². The molecule has 0 bridgehead atoms. The normalized spacial score (nSPS) is 23.0. The molecule has 0 radical (unpaired) electrons. The number of aromatic amines is 1. The van der Waals surface area contributed by atoms with Crippen molar-refractivity contribution in [1.82, 2.24) is 14.9 Å². The molecule has 2 rings (SSSR count). The third-order valence-corrected chi connectivity index (χ3v) is 3.85. The minimum Gasteiger partial charge on any atom is -0.348 e. The van der Waals surface area contributed by atoms with Gasteiger partial charge >= 0.3 is 11.9 Å². The minimum atomic E-state index is -4.23. The van der Waals surface area contributed by atoms with Gasteiger partial charge in [0.15, 0.2) is 0 Å². The molecule has 1 fully saturated rings. The van der Waals surface area contributed by atoms with E-state index in [4.69, 9.17) is 0 Å². The first-order valence-corrected chi connectivity index (χ1v) is 6.89. The zero-order valence-corrected chi connectivity index (χ0v) is 11.7. The van der Waals surface area contributed by atoms with Crippen molar-refractivity contribution in [2.75, 3.05) is 0 Å². The van der Waals surface area contributed by atoms with Crippen molar-refractivity contribution in [1.29, 1.82) is 0 Å². The van der Waals surface area contributed by atoms with Gasteiger partial charge in [-0.1, -0.05) is 12.8 Å². The first-order valence-electron chi connectivity index (χ1n) is 6.89. The molecule has 21 heavy (non-hydrogen) atoms. The van der Waals surface area contributed by atoms with Crippen LogP contribution in [0.25, 0.3) is 0 Å². The van der Waals surface area contributed by atoms with Gasteiger partial charge in [0.25, 0.3) is 5.91 Å². The monoisotopic (exact) mass is 305 g/mol. The molecule has 0 aliphatic heterocycles. The summed E-state index contributed by atoms with van der Waals surface area (Å²) in [5.74, 6) is -1.13. The van der Waals surface area contributed by atoms with Crippen LogP contribution < -0.4 is 11.0 Å². The summed E-state index contributed by atoms with van der Waals surface area (Å²) in [6.07, 6.45) is -1.26. The van der Waals surface area contributed by atoms with Crippen LogP contribution in [0.5, 0.6) is 0 Å². The van der Waals surface area contributed by atoms with E-state index in [1.807, 2.05) is 0 Å². The second kappa shape index (κ2) is 5.95. The summed E-state index contributed by atoms with van der Waals surface area (Å²) < 4.78 is 38.9. The van der Waals surface area contributed by atoms with Gasteiger partial charge in [0.05, 0.1) is 0 Å². The van der Waals surface area contributed by atoms with Gasteiger partial charge in [-0.3, -0.25) is 4.79 Å². The van der Waals surface area contributed by atoms with Gasteiger partial charge in [0.1, 0.15) is 5.69 Å². The Morgan fingerprint density at radius 3 is 2.67 bits per heavy atom. The molecule has 0 saturated heterocycles. The van der Waals surface area contributed by atoms with Crippen LogP contribution in [0.2, 0.25) is 0 Å². The summed E-state index contributed by atoms with van der Waals surface area (Å²) in [6.45, 7) is 0. The summed E-state index contributed by atoms with van der Waals surface area (Å²) in [6, 6.07) is -0.503. The summed E-state index contributed by atoms with van der Waals surface area (Å²) in [4.78, 5) is 25.7. The maximum Gasteiger partial charge on any atom is 0.389 e. The lowest BCUT2D eigenvalue weighted by molar-refractivity contribution is -0.148. The number of alkyl halides is 3. The molecule has 1 aliphatic carbocycles. The Balaban J connectivity index is 2.04. The first-order chi connectivity index (χ1) is 9.76. The second-order valence-electron chi connectivity index (χ2n) is 5.53. The van der Waals surface area contributed by atoms with Gasteiger partial charge in [0.2, 0.25) is 0 Å².